The van der Waals surface area contributed by atoms with Crippen LogP contribution in [0.4, 0.5) is 27.6 Å². The van der Waals surface area contributed by atoms with E-state index in [1.54, 1.807) is 42.5 Å². The van der Waals surface area contributed by atoms with E-state index in [0.29, 0.717) is 17.3 Å². The van der Waals surface area contributed by atoms with Crippen LogP contribution in [0.5, 0.6) is 0 Å². The van der Waals surface area contributed by atoms with Gasteiger partial charge in [0.05, 0.1) is 5.56 Å². The van der Waals surface area contributed by atoms with E-state index in [-0.39, 0.29) is 18.5 Å². The molecule has 0 aliphatic heterocycles. The lowest BCUT2D eigenvalue weighted by Gasteiger charge is -2.27. The van der Waals surface area contributed by atoms with Crippen LogP contribution in [0.15, 0.2) is 60.7 Å². The third kappa shape index (κ3) is 5.39. The molecule has 0 bridgehead atoms. The molecule has 0 spiro atoms. The Labute approximate surface area is 188 Å². The molecule has 3 aromatic carbocycles. The third-order valence-corrected chi connectivity index (χ3v) is 5.57. The first-order chi connectivity index (χ1) is 15.5. The lowest BCUT2D eigenvalue weighted by molar-refractivity contribution is -0.140. The second-order valence-corrected chi connectivity index (χ2v) is 7.79. The van der Waals surface area contributed by atoms with Crippen molar-refractivity contribution >= 4 is 11.6 Å². The summed E-state index contributed by atoms with van der Waals surface area (Å²) in [6, 6.07) is 14.3. The number of benzene rings is 3. The van der Waals surface area contributed by atoms with Gasteiger partial charge in [-0.05, 0) is 60.7 Å². The smallest absolute Gasteiger partial charge is 0.316 e. The molecule has 1 amide bonds. The number of halogens is 5. The summed E-state index contributed by atoms with van der Waals surface area (Å²) in [5, 5.41) is 0. The number of carbonyl (C=O) groups excluding carboxylic acids is 1. The summed E-state index contributed by atoms with van der Waals surface area (Å²) >= 11 is 0. The van der Waals surface area contributed by atoms with Crippen molar-refractivity contribution in [1.29, 1.82) is 0 Å². The van der Waals surface area contributed by atoms with E-state index in [2.05, 4.69) is 0 Å². The molecule has 0 saturated heterocycles. The largest absolute Gasteiger partial charge is 0.419 e. The first-order valence-electron chi connectivity index (χ1n) is 10.2. The van der Waals surface area contributed by atoms with Crippen LogP contribution in [-0.4, -0.2) is 12.5 Å². The number of alkyl halides is 3. The third-order valence-electron chi connectivity index (χ3n) is 5.57. The standard InChI is InChI=1S/C25H23F5N2O/c1-15-8-10-19(14-16(15)2)32(24(33)23(31)18-6-4-3-5-7-18)13-12-17-9-11-20(25(28,29)30)22(27)21(17)26/h3-11,14,23H,12-13,31H2,1-2H3/t23-/m0/s1. The maximum absolute atomic E-state index is 14.4. The predicted molar refractivity (Wildman–Crippen MR) is 117 cm³/mol. The second kappa shape index (κ2) is 9.70. The lowest BCUT2D eigenvalue weighted by Crippen LogP contribution is -2.40. The molecule has 0 aliphatic rings. The molecule has 3 nitrogen and oxygen atoms in total. The summed E-state index contributed by atoms with van der Waals surface area (Å²) in [5.74, 6) is -4.01. The van der Waals surface area contributed by atoms with Gasteiger partial charge in [0.15, 0.2) is 11.6 Å². The molecule has 1 atom stereocenters. The molecule has 33 heavy (non-hydrogen) atoms. The quantitative estimate of drug-likeness (QED) is 0.466. The zero-order valence-electron chi connectivity index (χ0n) is 18.1. The summed E-state index contributed by atoms with van der Waals surface area (Å²) in [7, 11) is 0. The van der Waals surface area contributed by atoms with Gasteiger partial charge in [-0.2, -0.15) is 13.2 Å². The zero-order valence-corrected chi connectivity index (χ0v) is 18.1. The Hall–Kier alpha value is -3.26. The Morgan fingerprint density at radius 3 is 2.21 bits per heavy atom. The first kappa shape index (κ1) is 24.4. The Balaban J connectivity index is 1.93. The highest BCUT2D eigenvalue weighted by Crippen LogP contribution is 2.33. The van der Waals surface area contributed by atoms with Gasteiger partial charge in [-0.25, -0.2) is 8.78 Å². The van der Waals surface area contributed by atoms with Crippen molar-refractivity contribution in [2.24, 2.45) is 5.73 Å². The molecule has 0 unspecified atom stereocenters. The fraction of sp³-hybridized carbons (Fsp3) is 0.240. The Morgan fingerprint density at radius 2 is 1.61 bits per heavy atom. The van der Waals surface area contributed by atoms with Gasteiger partial charge in [0.2, 0.25) is 5.91 Å². The van der Waals surface area contributed by atoms with E-state index in [4.69, 9.17) is 5.73 Å². The van der Waals surface area contributed by atoms with Gasteiger partial charge in [-0.1, -0.05) is 42.5 Å². The monoisotopic (exact) mass is 462 g/mol. The van der Waals surface area contributed by atoms with E-state index < -0.39 is 35.3 Å². The fourth-order valence-corrected chi connectivity index (χ4v) is 3.46. The maximum Gasteiger partial charge on any atom is 0.419 e. The first-order valence-corrected chi connectivity index (χ1v) is 10.2. The molecule has 174 valence electrons. The maximum atomic E-state index is 14.4. The molecule has 3 rings (SSSR count). The minimum Gasteiger partial charge on any atom is -0.316 e. The molecule has 0 aromatic heterocycles. The van der Waals surface area contributed by atoms with Crippen molar-refractivity contribution in [1.82, 2.24) is 0 Å². The SMILES string of the molecule is Cc1ccc(N(CCc2ccc(C(F)(F)F)c(F)c2F)C(=O)[C@@H](N)c2ccccc2)cc1C. The number of carbonyl (C=O) groups is 1. The summed E-state index contributed by atoms with van der Waals surface area (Å²) < 4.78 is 66.9. The molecule has 8 heteroatoms. The highest BCUT2D eigenvalue weighted by Gasteiger charge is 2.36. The summed E-state index contributed by atoms with van der Waals surface area (Å²) in [4.78, 5) is 14.6. The molecule has 0 saturated carbocycles. The second-order valence-electron chi connectivity index (χ2n) is 7.79. The Morgan fingerprint density at radius 1 is 0.939 bits per heavy atom. The van der Waals surface area contributed by atoms with E-state index in [0.717, 1.165) is 17.2 Å². The van der Waals surface area contributed by atoms with Crippen LogP contribution in [0.1, 0.15) is 33.9 Å². The molecule has 0 aliphatic carbocycles. The van der Waals surface area contributed by atoms with Crippen LogP contribution in [0.2, 0.25) is 0 Å². The fourth-order valence-electron chi connectivity index (χ4n) is 3.46. The van der Waals surface area contributed by atoms with Gasteiger partial charge < -0.3 is 10.6 Å². The highest BCUT2D eigenvalue weighted by molar-refractivity contribution is 5.97. The van der Waals surface area contributed by atoms with Crippen LogP contribution in [-0.2, 0) is 17.4 Å². The Bertz CT molecular complexity index is 1150. The van der Waals surface area contributed by atoms with Crippen LogP contribution in [0.25, 0.3) is 0 Å². The number of hydrogen-bond acceptors (Lipinski definition) is 2. The number of nitrogens with zero attached hydrogens (tertiary/aromatic N) is 1. The van der Waals surface area contributed by atoms with E-state index in [1.165, 1.54) is 4.90 Å². The van der Waals surface area contributed by atoms with Gasteiger partial charge in [0.1, 0.15) is 6.04 Å². The van der Waals surface area contributed by atoms with E-state index in [9.17, 15) is 26.7 Å². The number of anilines is 1. The van der Waals surface area contributed by atoms with Crippen molar-refractivity contribution in [3.63, 3.8) is 0 Å². The predicted octanol–water partition coefficient (Wildman–Crippen LogP) is 5.88. The summed E-state index contributed by atoms with van der Waals surface area (Å²) in [5.41, 5.74) is 7.22. The van der Waals surface area contributed by atoms with Crippen molar-refractivity contribution in [2.45, 2.75) is 32.5 Å². The van der Waals surface area contributed by atoms with Gasteiger partial charge in [-0.15, -0.1) is 0 Å². The molecular weight excluding hydrogens is 439 g/mol. The number of aryl methyl sites for hydroxylation is 2. The van der Waals surface area contributed by atoms with Gasteiger partial charge >= 0.3 is 6.18 Å². The minimum absolute atomic E-state index is 0.108. The lowest BCUT2D eigenvalue weighted by atomic mass is 10.0. The normalized spacial score (nSPS) is 12.5. The van der Waals surface area contributed by atoms with Crippen LogP contribution >= 0.6 is 0 Å². The van der Waals surface area contributed by atoms with Gasteiger partial charge in [-0.3, -0.25) is 4.79 Å². The van der Waals surface area contributed by atoms with Crippen LogP contribution in [0.3, 0.4) is 0 Å². The molecule has 0 radical (unpaired) electrons. The van der Waals surface area contributed by atoms with Crippen molar-refractivity contribution in [3.8, 4) is 0 Å². The number of amides is 1. The average Bonchev–Trinajstić information content (AvgIpc) is 2.78. The molecule has 2 N–H and O–H groups in total. The molecule has 0 heterocycles. The van der Waals surface area contributed by atoms with E-state index in [1.807, 2.05) is 19.9 Å². The van der Waals surface area contributed by atoms with E-state index >= 15 is 0 Å². The van der Waals surface area contributed by atoms with Crippen LogP contribution in [0, 0.1) is 25.5 Å². The molecular formula is C25H23F5N2O. The van der Waals surface area contributed by atoms with Crippen molar-refractivity contribution < 1.29 is 26.7 Å². The Kier molecular flexibility index (Phi) is 7.17. The van der Waals surface area contributed by atoms with Crippen molar-refractivity contribution in [2.75, 3.05) is 11.4 Å². The van der Waals surface area contributed by atoms with Gasteiger partial charge in [0, 0.05) is 12.2 Å². The van der Waals surface area contributed by atoms with Crippen LogP contribution < -0.4 is 10.6 Å². The number of hydrogen-bond donors (Lipinski definition) is 1. The topological polar surface area (TPSA) is 46.3 Å². The minimum atomic E-state index is -5.01. The van der Waals surface area contributed by atoms with Crippen molar-refractivity contribution in [3.05, 3.63) is 100 Å². The van der Waals surface area contributed by atoms with Gasteiger partial charge in [0.25, 0.3) is 0 Å². The highest BCUT2D eigenvalue weighted by atomic mass is 19.4. The summed E-state index contributed by atoms with van der Waals surface area (Å²) in [6.07, 6.45) is -5.21. The number of rotatable bonds is 6. The molecule has 3 aromatic rings. The molecule has 0 fully saturated rings. The number of nitrogens with two attached hydrogens (primary N) is 1. The zero-order chi connectivity index (χ0) is 24.3. The average molecular weight is 462 g/mol. The summed E-state index contributed by atoms with van der Waals surface area (Å²) in [6.45, 7) is 3.66.